The third-order valence-corrected chi connectivity index (χ3v) is 5.63. The molecule has 30 heavy (non-hydrogen) atoms. The highest BCUT2D eigenvalue weighted by atomic mass is 32.1. The van der Waals surface area contributed by atoms with Crippen molar-refractivity contribution < 1.29 is 9.21 Å². The molecule has 0 aliphatic rings. The van der Waals surface area contributed by atoms with Gasteiger partial charge in [-0.25, -0.2) is 9.97 Å². The number of carbonyl (C=O) groups excluding carboxylic acids is 1. The summed E-state index contributed by atoms with van der Waals surface area (Å²) >= 11 is 1.57. The number of carbonyl (C=O) groups is 1. The van der Waals surface area contributed by atoms with E-state index in [1.54, 1.807) is 40.6 Å². The van der Waals surface area contributed by atoms with E-state index in [0.29, 0.717) is 28.4 Å². The predicted molar refractivity (Wildman–Crippen MR) is 116 cm³/mol. The fourth-order valence-electron chi connectivity index (χ4n) is 3.44. The van der Waals surface area contributed by atoms with Crippen molar-refractivity contribution >= 4 is 34.0 Å². The number of fused-ring (bicyclic) bond motifs is 1. The van der Waals surface area contributed by atoms with Crippen LogP contribution in [0.3, 0.4) is 0 Å². The fourth-order valence-corrected chi connectivity index (χ4v) is 4.08. The van der Waals surface area contributed by atoms with E-state index in [1.165, 1.54) is 0 Å². The lowest BCUT2D eigenvalue weighted by atomic mass is 10.1. The van der Waals surface area contributed by atoms with E-state index >= 15 is 0 Å². The lowest BCUT2D eigenvalue weighted by Crippen LogP contribution is -2.13. The number of aryl methyl sites for hydroxylation is 2. The van der Waals surface area contributed by atoms with Crippen molar-refractivity contribution in [2.75, 3.05) is 5.32 Å². The lowest BCUT2D eigenvalue weighted by molar-refractivity contribution is 0.102. The van der Waals surface area contributed by atoms with Crippen LogP contribution in [0, 0.1) is 6.92 Å². The molecule has 0 aliphatic carbocycles. The van der Waals surface area contributed by atoms with Gasteiger partial charge in [0, 0.05) is 29.9 Å². The number of hydrogen-bond acceptors (Lipinski definition) is 6. The molecule has 0 spiro atoms. The number of thiazole rings is 1. The Balaban J connectivity index is 1.52. The van der Waals surface area contributed by atoms with Crippen LogP contribution in [0.15, 0.2) is 64.7 Å². The molecule has 1 aromatic carbocycles. The van der Waals surface area contributed by atoms with Crippen LogP contribution in [0.25, 0.3) is 33.1 Å². The van der Waals surface area contributed by atoms with Crippen LogP contribution in [0.1, 0.15) is 16.1 Å². The summed E-state index contributed by atoms with van der Waals surface area (Å²) in [5.74, 6) is 0.367. The van der Waals surface area contributed by atoms with Crippen LogP contribution in [-0.2, 0) is 7.05 Å². The summed E-state index contributed by atoms with van der Waals surface area (Å²) in [6.07, 6.45) is 3.36. The number of pyridine rings is 1. The Kier molecular flexibility index (Phi) is 4.40. The van der Waals surface area contributed by atoms with Crippen LogP contribution in [-0.4, -0.2) is 25.7 Å². The molecule has 0 bridgehead atoms. The Labute approximate surface area is 176 Å². The van der Waals surface area contributed by atoms with Gasteiger partial charge in [-0.05, 0) is 49.4 Å². The van der Waals surface area contributed by atoms with E-state index in [2.05, 4.69) is 20.4 Å². The van der Waals surface area contributed by atoms with Crippen LogP contribution >= 0.6 is 11.3 Å². The first-order chi connectivity index (χ1) is 14.6. The van der Waals surface area contributed by atoms with Crippen molar-refractivity contribution in [1.29, 1.82) is 0 Å². The summed E-state index contributed by atoms with van der Waals surface area (Å²) in [5, 5.41) is 11.0. The largest absolute Gasteiger partial charge is 0.463 e. The van der Waals surface area contributed by atoms with Gasteiger partial charge in [0.1, 0.15) is 10.7 Å². The molecule has 4 aromatic heterocycles. The number of benzene rings is 1. The normalized spacial score (nSPS) is 11.1. The molecule has 0 radical (unpaired) electrons. The molecular weight excluding hydrogens is 398 g/mol. The number of amides is 1. The van der Waals surface area contributed by atoms with Crippen LogP contribution < -0.4 is 5.32 Å². The molecule has 0 atom stereocenters. The highest BCUT2D eigenvalue weighted by Crippen LogP contribution is 2.28. The molecule has 5 aromatic rings. The topological polar surface area (TPSA) is 85.8 Å². The number of aromatic nitrogens is 4. The third kappa shape index (κ3) is 3.17. The SMILES string of the molecule is Cc1nn(C)c2nc(-c3ccco3)cc(C(=O)Nc3ccc(-c4nccs4)cc3)c12. The molecule has 0 saturated carbocycles. The first-order valence-electron chi connectivity index (χ1n) is 9.29. The van der Waals surface area contributed by atoms with Gasteiger partial charge in [0.05, 0.1) is 22.9 Å². The van der Waals surface area contributed by atoms with Crippen LogP contribution in [0.5, 0.6) is 0 Å². The average Bonchev–Trinajstić information content (AvgIpc) is 3.51. The number of hydrogen-bond donors (Lipinski definition) is 1. The fraction of sp³-hybridized carbons (Fsp3) is 0.0909. The minimum atomic E-state index is -0.228. The zero-order valence-electron chi connectivity index (χ0n) is 16.3. The lowest BCUT2D eigenvalue weighted by Gasteiger charge is -2.09. The second kappa shape index (κ2) is 7.23. The van der Waals surface area contributed by atoms with Crippen molar-refractivity contribution in [1.82, 2.24) is 19.7 Å². The maximum atomic E-state index is 13.2. The van der Waals surface area contributed by atoms with Gasteiger partial charge in [-0.2, -0.15) is 5.10 Å². The second-order valence-corrected chi connectivity index (χ2v) is 7.70. The third-order valence-electron chi connectivity index (χ3n) is 4.81. The number of anilines is 1. The summed E-state index contributed by atoms with van der Waals surface area (Å²) < 4.78 is 7.17. The quantitative estimate of drug-likeness (QED) is 0.451. The van der Waals surface area contributed by atoms with E-state index in [9.17, 15) is 4.79 Å². The minimum Gasteiger partial charge on any atom is -0.463 e. The second-order valence-electron chi connectivity index (χ2n) is 6.81. The van der Waals surface area contributed by atoms with Gasteiger partial charge < -0.3 is 9.73 Å². The Bertz CT molecular complexity index is 1340. The molecule has 148 valence electrons. The Morgan fingerprint density at radius 1 is 1.20 bits per heavy atom. The molecular formula is C22H17N5O2S. The smallest absolute Gasteiger partial charge is 0.256 e. The molecule has 1 amide bonds. The molecule has 0 aliphatic heterocycles. The Morgan fingerprint density at radius 3 is 2.73 bits per heavy atom. The highest BCUT2D eigenvalue weighted by molar-refractivity contribution is 7.13. The molecule has 8 heteroatoms. The molecule has 4 heterocycles. The van der Waals surface area contributed by atoms with E-state index in [1.807, 2.05) is 49.7 Å². The van der Waals surface area contributed by atoms with Gasteiger partial charge in [-0.1, -0.05) is 0 Å². The zero-order chi connectivity index (χ0) is 20.7. The van der Waals surface area contributed by atoms with Gasteiger partial charge in [0.15, 0.2) is 11.4 Å². The van der Waals surface area contributed by atoms with Crippen molar-refractivity contribution in [3.63, 3.8) is 0 Å². The van der Waals surface area contributed by atoms with Gasteiger partial charge in [-0.3, -0.25) is 9.48 Å². The number of nitrogens with zero attached hydrogens (tertiary/aromatic N) is 4. The van der Waals surface area contributed by atoms with Gasteiger partial charge in [0.2, 0.25) is 0 Å². The van der Waals surface area contributed by atoms with Gasteiger partial charge >= 0.3 is 0 Å². The van der Waals surface area contributed by atoms with Crippen molar-refractivity contribution in [3.05, 3.63) is 71.6 Å². The standard InChI is InChI=1S/C22H17N5O2S/c1-13-19-16(12-17(18-4-3-10-29-18)25-20(19)27(2)26-13)21(28)24-15-7-5-14(6-8-15)22-23-9-11-30-22/h3-12H,1-2H3,(H,24,28). The van der Waals surface area contributed by atoms with Crippen molar-refractivity contribution in [3.8, 4) is 22.0 Å². The summed E-state index contributed by atoms with van der Waals surface area (Å²) in [7, 11) is 1.81. The first-order valence-corrected chi connectivity index (χ1v) is 10.2. The molecule has 5 rings (SSSR count). The van der Waals surface area contributed by atoms with Crippen LogP contribution in [0.4, 0.5) is 5.69 Å². The summed E-state index contributed by atoms with van der Waals surface area (Å²) in [5.41, 5.74) is 4.17. The molecule has 7 nitrogen and oxygen atoms in total. The maximum Gasteiger partial charge on any atom is 0.256 e. The molecule has 0 saturated heterocycles. The number of rotatable bonds is 4. The minimum absolute atomic E-state index is 0.228. The zero-order valence-corrected chi connectivity index (χ0v) is 17.1. The Hall–Kier alpha value is -3.78. The molecule has 1 N–H and O–H groups in total. The first kappa shape index (κ1) is 18.3. The van der Waals surface area contributed by atoms with Crippen molar-refractivity contribution in [2.24, 2.45) is 7.05 Å². The monoisotopic (exact) mass is 415 g/mol. The van der Waals surface area contributed by atoms with E-state index in [0.717, 1.165) is 21.7 Å². The summed E-state index contributed by atoms with van der Waals surface area (Å²) in [4.78, 5) is 22.2. The molecule has 0 fully saturated rings. The average molecular weight is 415 g/mol. The van der Waals surface area contributed by atoms with Gasteiger partial charge in [-0.15, -0.1) is 11.3 Å². The number of nitrogens with one attached hydrogen (secondary N) is 1. The van der Waals surface area contributed by atoms with Crippen molar-refractivity contribution in [2.45, 2.75) is 6.92 Å². The number of furan rings is 1. The predicted octanol–water partition coefficient (Wildman–Crippen LogP) is 4.91. The van der Waals surface area contributed by atoms with Crippen LogP contribution in [0.2, 0.25) is 0 Å². The van der Waals surface area contributed by atoms with Gasteiger partial charge in [0.25, 0.3) is 5.91 Å². The summed E-state index contributed by atoms with van der Waals surface area (Å²) in [6, 6.07) is 13.0. The Morgan fingerprint density at radius 2 is 2.03 bits per heavy atom. The maximum absolute atomic E-state index is 13.2. The molecule has 0 unspecified atom stereocenters. The summed E-state index contributed by atoms with van der Waals surface area (Å²) in [6.45, 7) is 1.87. The highest BCUT2D eigenvalue weighted by Gasteiger charge is 2.20. The van der Waals surface area contributed by atoms with E-state index in [-0.39, 0.29) is 5.91 Å². The van der Waals surface area contributed by atoms with E-state index < -0.39 is 0 Å². The van der Waals surface area contributed by atoms with E-state index in [4.69, 9.17) is 4.42 Å².